The highest BCUT2D eigenvalue weighted by Crippen LogP contribution is 2.47. The van der Waals surface area contributed by atoms with E-state index in [1.807, 2.05) is 4.90 Å². The van der Waals surface area contributed by atoms with Gasteiger partial charge in [0.25, 0.3) is 0 Å². The predicted molar refractivity (Wildman–Crippen MR) is 134 cm³/mol. The van der Waals surface area contributed by atoms with Crippen LogP contribution in [0.25, 0.3) is 0 Å². The molecule has 0 aromatic rings. The Balaban J connectivity index is 1.74. The van der Waals surface area contributed by atoms with E-state index >= 15 is 0 Å². The number of hydrogen-bond acceptors (Lipinski definition) is 3. The van der Waals surface area contributed by atoms with Crippen LogP contribution in [0.1, 0.15) is 113 Å². The van der Waals surface area contributed by atoms with Crippen LogP contribution < -0.4 is 5.32 Å². The zero-order chi connectivity index (χ0) is 24.2. The van der Waals surface area contributed by atoms with Crippen molar-refractivity contribution in [1.29, 1.82) is 0 Å². The highest BCUT2D eigenvalue weighted by molar-refractivity contribution is 5.48. The maximum Gasteiger partial charge on any atom is 0.209 e. The van der Waals surface area contributed by atoms with Gasteiger partial charge in [0.2, 0.25) is 12.8 Å². The van der Waals surface area contributed by atoms with Crippen molar-refractivity contribution in [3.63, 3.8) is 0 Å². The first-order chi connectivity index (χ1) is 14.7. The smallest absolute Gasteiger partial charge is 0.209 e. The molecule has 2 fully saturated rings. The molecule has 2 aliphatic rings. The van der Waals surface area contributed by atoms with Crippen molar-refractivity contribution in [3.05, 3.63) is 0 Å². The van der Waals surface area contributed by atoms with Gasteiger partial charge in [0.05, 0.1) is 0 Å². The minimum absolute atomic E-state index is 0.0498. The molecule has 1 heterocycles. The summed E-state index contributed by atoms with van der Waals surface area (Å²) in [5.74, 6) is 0. The van der Waals surface area contributed by atoms with E-state index in [4.69, 9.17) is 0 Å². The molecule has 5 nitrogen and oxygen atoms in total. The van der Waals surface area contributed by atoms with Crippen molar-refractivity contribution in [2.24, 2.45) is 10.8 Å². The van der Waals surface area contributed by atoms with Crippen molar-refractivity contribution in [2.75, 3.05) is 13.1 Å². The summed E-state index contributed by atoms with van der Waals surface area (Å²) in [6.07, 6.45) is 11.9. The van der Waals surface area contributed by atoms with Crippen LogP contribution >= 0.6 is 0 Å². The first-order valence-corrected chi connectivity index (χ1v) is 12.9. The molecule has 5 heteroatoms. The Labute approximate surface area is 198 Å². The first kappa shape index (κ1) is 27.1. The van der Waals surface area contributed by atoms with Gasteiger partial charge in [-0.25, -0.2) is 0 Å². The fourth-order valence-electron chi connectivity index (χ4n) is 7.11. The van der Waals surface area contributed by atoms with Crippen LogP contribution in [0.15, 0.2) is 0 Å². The van der Waals surface area contributed by atoms with E-state index in [9.17, 15) is 9.59 Å². The van der Waals surface area contributed by atoms with Gasteiger partial charge in [0.1, 0.15) is 0 Å². The van der Waals surface area contributed by atoms with E-state index in [0.717, 1.165) is 77.3 Å². The lowest BCUT2D eigenvalue weighted by molar-refractivity contribution is -0.123. The average molecular weight is 450 g/mol. The van der Waals surface area contributed by atoms with Gasteiger partial charge in [0.15, 0.2) is 0 Å². The molecule has 0 atom stereocenters. The monoisotopic (exact) mass is 449 g/mol. The molecule has 2 rings (SSSR count). The summed E-state index contributed by atoms with van der Waals surface area (Å²) in [6.45, 7) is 20.0. The number of carbonyl (C=O) groups excluding carboxylic acids is 2. The largest absolute Gasteiger partial charge is 0.342 e. The minimum atomic E-state index is 0.0498. The number of nitrogens with one attached hydrogen (secondary N) is 1. The summed E-state index contributed by atoms with van der Waals surface area (Å²) in [4.78, 5) is 27.7. The van der Waals surface area contributed by atoms with E-state index in [1.165, 1.54) is 6.42 Å². The standard InChI is InChI=1S/C27H51N3O2/c1-24(2)15-22(16-25(3,4)19-24)29(20-31)13-11-9-10-12-14-30(21-32)23-17-26(5,6)28-27(7,8)18-23/h20-23,28H,9-19H2,1-8H3. The van der Waals surface area contributed by atoms with Crippen LogP contribution in [0.4, 0.5) is 0 Å². The van der Waals surface area contributed by atoms with Gasteiger partial charge in [-0.2, -0.15) is 0 Å². The summed E-state index contributed by atoms with van der Waals surface area (Å²) >= 11 is 0. The van der Waals surface area contributed by atoms with Crippen LogP contribution in [-0.2, 0) is 9.59 Å². The lowest BCUT2D eigenvalue weighted by Crippen LogP contribution is -2.62. The molecule has 0 unspecified atom stereocenters. The molecule has 2 amide bonds. The van der Waals surface area contributed by atoms with Gasteiger partial charge in [-0.1, -0.05) is 40.5 Å². The van der Waals surface area contributed by atoms with Crippen LogP contribution in [0.5, 0.6) is 0 Å². The Morgan fingerprint density at radius 2 is 1.03 bits per heavy atom. The molecule has 0 aromatic carbocycles. The van der Waals surface area contributed by atoms with Crippen LogP contribution in [0, 0.1) is 10.8 Å². The molecule has 0 bridgehead atoms. The van der Waals surface area contributed by atoms with Crippen molar-refractivity contribution in [2.45, 2.75) is 136 Å². The maximum atomic E-state index is 11.8. The zero-order valence-corrected chi connectivity index (χ0v) is 22.3. The average Bonchev–Trinajstić information content (AvgIpc) is 2.58. The Bertz CT molecular complexity index is 540. The molecule has 0 spiro atoms. The molecular formula is C27H51N3O2. The number of rotatable bonds is 11. The molecule has 32 heavy (non-hydrogen) atoms. The molecule has 186 valence electrons. The van der Waals surface area contributed by atoms with Gasteiger partial charge < -0.3 is 15.1 Å². The Hall–Kier alpha value is -1.10. The topological polar surface area (TPSA) is 52.7 Å². The second-order valence-electron chi connectivity index (χ2n) is 13.6. The third kappa shape index (κ3) is 8.35. The van der Waals surface area contributed by atoms with Crippen LogP contribution in [-0.4, -0.2) is 58.9 Å². The van der Waals surface area contributed by atoms with Gasteiger partial charge >= 0.3 is 0 Å². The van der Waals surface area contributed by atoms with E-state index in [1.54, 1.807) is 0 Å². The van der Waals surface area contributed by atoms with Crippen LogP contribution in [0.3, 0.4) is 0 Å². The molecule has 0 aromatic heterocycles. The summed E-state index contributed by atoms with van der Waals surface area (Å²) in [6, 6.07) is 0.672. The number of hydrogen-bond donors (Lipinski definition) is 1. The SMILES string of the molecule is CC1(C)CC(N(C=O)CCCCCCN(C=O)C2CC(C)(C)NC(C)(C)C2)CC(C)(C)C1. The number of unbranched alkanes of at least 4 members (excludes halogenated alkanes) is 3. The summed E-state index contributed by atoms with van der Waals surface area (Å²) in [5, 5.41) is 3.70. The Morgan fingerprint density at radius 3 is 1.41 bits per heavy atom. The highest BCUT2D eigenvalue weighted by atomic mass is 16.1. The van der Waals surface area contributed by atoms with Crippen LogP contribution in [0.2, 0.25) is 0 Å². The van der Waals surface area contributed by atoms with E-state index in [0.29, 0.717) is 22.9 Å². The lowest BCUT2D eigenvalue weighted by Gasteiger charge is -2.49. The van der Waals surface area contributed by atoms with Gasteiger partial charge in [-0.3, -0.25) is 9.59 Å². The second kappa shape index (κ2) is 10.4. The fourth-order valence-corrected chi connectivity index (χ4v) is 7.11. The summed E-state index contributed by atoms with van der Waals surface area (Å²) < 4.78 is 0. The zero-order valence-electron chi connectivity index (χ0n) is 22.3. The lowest BCUT2D eigenvalue weighted by atomic mass is 9.63. The van der Waals surface area contributed by atoms with Crippen molar-refractivity contribution in [1.82, 2.24) is 15.1 Å². The van der Waals surface area contributed by atoms with Gasteiger partial charge in [-0.05, 0) is 83.5 Å². The van der Waals surface area contributed by atoms with Crippen molar-refractivity contribution in [3.8, 4) is 0 Å². The van der Waals surface area contributed by atoms with E-state index in [-0.39, 0.29) is 11.1 Å². The molecule has 0 radical (unpaired) electrons. The maximum absolute atomic E-state index is 11.8. The van der Waals surface area contributed by atoms with E-state index < -0.39 is 0 Å². The summed E-state index contributed by atoms with van der Waals surface area (Å²) in [7, 11) is 0. The molecule has 1 saturated carbocycles. The van der Waals surface area contributed by atoms with Crippen molar-refractivity contribution >= 4 is 12.8 Å². The highest BCUT2D eigenvalue weighted by Gasteiger charge is 2.41. The molecule has 1 aliphatic carbocycles. The Kier molecular flexibility index (Phi) is 8.86. The normalized spacial score (nSPS) is 24.6. The number of nitrogens with zero attached hydrogens (tertiary/aromatic N) is 2. The number of amides is 2. The van der Waals surface area contributed by atoms with Crippen molar-refractivity contribution < 1.29 is 9.59 Å². The van der Waals surface area contributed by atoms with Gasteiger partial charge in [-0.15, -0.1) is 0 Å². The first-order valence-electron chi connectivity index (χ1n) is 12.9. The molecular weight excluding hydrogens is 398 g/mol. The third-order valence-corrected chi connectivity index (χ3v) is 7.49. The number of piperidine rings is 1. The molecule has 1 aliphatic heterocycles. The fraction of sp³-hybridized carbons (Fsp3) is 0.926. The minimum Gasteiger partial charge on any atom is -0.342 e. The molecule has 1 saturated heterocycles. The quantitative estimate of drug-likeness (QED) is 0.340. The van der Waals surface area contributed by atoms with E-state index in [2.05, 4.69) is 65.6 Å². The summed E-state index contributed by atoms with van der Waals surface area (Å²) in [5.41, 5.74) is 0.690. The Morgan fingerprint density at radius 1 is 0.656 bits per heavy atom. The molecule has 1 N–H and O–H groups in total. The van der Waals surface area contributed by atoms with Gasteiger partial charge in [0, 0.05) is 36.3 Å². The number of carbonyl (C=O) groups is 2. The third-order valence-electron chi connectivity index (χ3n) is 7.49. The predicted octanol–water partition coefficient (Wildman–Crippen LogP) is 5.38. The second-order valence-corrected chi connectivity index (χ2v) is 13.6.